The van der Waals surface area contributed by atoms with Crippen molar-refractivity contribution in [3.8, 4) is 6.07 Å². The quantitative estimate of drug-likeness (QED) is 0.671. The van der Waals surface area contributed by atoms with Crippen molar-refractivity contribution in [2.45, 2.75) is 20.0 Å². The van der Waals surface area contributed by atoms with E-state index in [1.165, 1.54) is 13.0 Å². The zero-order chi connectivity index (χ0) is 18.2. The summed E-state index contributed by atoms with van der Waals surface area (Å²) in [5.41, 5.74) is 2.97. The number of carbonyl (C=O) groups excluding carboxylic acids is 2. The van der Waals surface area contributed by atoms with E-state index in [0.29, 0.717) is 11.3 Å². The standard InChI is InChI=1S/C20H18N2O3/c1-14-4-3-5-18(12-14)22-20(24)15(2)25-19(23)11-10-16-6-8-17(13-21)9-7-16/h3-12,15H,1-2H3,(H,22,24)/b11-10+/t15-/m0/s1. The van der Waals surface area contributed by atoms with Crippen molar-refractivity contribution < 1.29 is 14.3 Å². The van der Waals surface area contributed by atoms with Gasteiger partial charge in [0, 0.05) is 11.8 Å². The van der Waals surface area contributed by atoms with Gasteiger partial charge in [0.25, 0.3) is 5.91 Å². The Morgan fingerprint density at radius 1 is 1.20 bits per heavy atom. The molecule has 5 nitrogen and oxygen atoms in total. The largest absolute Gasteiger partial charge is 0.449 e. The van der Waals surface area contributed by atoms with Gasteiger partial charge < -0.3 is 10.1 Å². The second kappa shape index (κ2) is 8.46. The summed E-state index contributed by atoms with van der Waals surface area (Å²) >= 11 is 0. The lowest BCUT2D eigenvalue weighted by molar-refractivity contribution is -0.148. The number of aryl methyl sites for hydroxylation is 1. The summed E-state index contributed by atoms with van der Waals surface area (Å²) in [4.78, 5) is 23.9. The number of rotatable bonds is 5. The minimum Gasteiger partial charge on any atom is -0.449 e. The van der Waals surface area contributed by atoms with Gasteiger partial charge in [-0.1, -0.05) is 24.3 Å². The first-order valence-corrected chi connectivity index (χ1v) is 7.74. The predicted octanol–water partition coefficient (Wildman–Crippen LogP) is 3.45. The molecule has 126 valence electrons. The number of hydrogen-bond donors (Lipinski definition) is 1. The van der Waals surface area contributed by atoms with Gasteiger partial charge in [-0.15, -0.1) is 0 Å². The molecule has 1 atom stereocenters. The highest BCUT2D eigenvalue weighted by Gasteiger charge is 2.16. The van der Waals surface area contributed by atoms with Crippen LogP contribution in [-0.4, -0.2) is 18.0 Å². The zero-order valence-corrected chi connectivity index (χ0v) is 14.0. The van der Waals surface area contributed by atoms with Crippen LogP contribution in [-0.2, 0) is 14.3 Å². The first-order chi connectivity index (χ1) is 12.0. The zero-order valence-electron chi connectivity index (χ0n) is 14.0. The molecule has 0 spiro atoms. The van der Waals surface area contributed by atoms with E-state index < -0.39 is 18.0 Å². The lowest BCUT2D eigenvalue weighted by Gasteiger charge is -2.12. The molecule has 0 aliphatic heterocycles. The summed E-state index contributed by atoms with van der Waals surface area (Å²) in [7, 11) is 0. The molecule has 0 aliphatic carbocycles. The summed E-state index contributed by atoms with van der Waals surface area (Å²) in [6.45, 7) is 3.44. The van der Waals surface area contributed by atoms with Crippen LogP contribution in [0.4, 0.5) is 5.69 Å². The van der Waals surface area contributed by atoms with Crippen molar-refractivity contribution in [1.82, 2.24) is 0 Å². The highest BCUT2D eigenvalue weighted by Crippen LogP contribution is 2.11. The summed E-state index contributed by atoms with van der Waals surface area (Å²) < 4.78 is 5.09. The van der Waals surface area contributed by atoms with E-state index in [2.05, 4.69) is 5.32 Å². The Kier molecular flexibility index (Phi) is 6.08. The van der Waals surface area contributed by atoms with E-state index in [1.807, 2.05) is 31.2 Å². The Morgan fingerprint density at radius 2 is 1.92 bits per heavy atom. The molecule has 0 aromatic heterocycles. The van der Waals surface area contributed by atoms with Gasteiger partial charge in [0.15, 0.2) is 6.10 Å². The number of nitrogens with one attached hydrogen (secondary N) is 1. The molecule has 2 aromatic carbocycles. The van der Waals surface area contributed by atoms with Crippen molar-refractivity contribution in [1.29, 1.82) is 5.26 Å². The van der Waals surface area contributed by atoms with Crippen LogP contribution in [0.3, 0.4) is 0 Å². The molecule has 2 aromatic rings. The first-order valence-electron chi connectivity index (χ1n) is 7.74. The molecule has 25 heavy (non-hydrogen) atoms. The number of hydrogen-bond acceptors (Lipinski definition) is 4. The molecule has 1 amide bonds. The van der Waals surface area contributed by atoms with Gasteiger partial charge >= 0.3 is 5.97 Å². The van der Waals surface area contributed by atoms with Crippen LogP contribution in [0.5, 0.6) is 0 Å². The van der Waals surface area contributed by atoms with Crippen molar-refractivity contribution in [3.05, 3.63) is 71.3 Å². The van der Waals surface area contributed by atoms with Crippen LogP contribution in [0, 0.1) is 18.3 Å². The van der Waals surface area contributed by atoms with Gasteiger partial charge in [-0.25, -0.2) is 4.79 Å². The van der Waals surface area contributed by atoms with E-state index in [-0.39, 0.29) is 0 Å². The summed E-state index contributed by atoms with van der Waals surface area (Å²) in [6.07, 6.45) is 1.89. The maximum Gasteiger partial charge on any atom is 0.331 e. The monoisotopic (exact) mass is 334 g/mol. The van der Waals surface area contributed by atoms with Crippen molar-refractivity contribution >= 4 is 23.6 Å². The Bertz CT molecular complexity index is 833. The number of amides is 1. The average molecular weight is 334 g/mol. The van der Waals surface area contributed by atoms with E-state index in [0.717, 1.165) is 11.1 Å². The number of esters is 1. The molecule has 0 radical (unpaired) electrons. The third kappa shape index (κ3) is 5.63. The maximum atomic E-state index is 12.1. The number of anilines is 1. The molecule has 0 saturated carbocycles. The Morgan fingerprint density at radius 3 is 2.56 bits per heavy atom. The van der Waals surface area contributed by atoms with Crippen LogP contribution in [0.1, 0.15) is 23.6 Å². The van der Waals surface area contributed by atoms with Gasteiger partial charge in [-0.3, -0.25) is 4.79 Å². The summed E-state index contributed by atoms with van der Waals surface area (Å²) in [6, 6.07) is 16.1. The van der Waals surface area contributed by atoms with Gasteiger partial charge in [-0.2, -0.15) is 5.26 Å². The van der Waals surface area contributed by atoms with Crippen LogP contribution < -0.4 is 5.32 Å². The Hall–Kier alpha value is -3.39. The molecule has 5 heteroatoms. The minimum atomic E-state index is -0.918. The molecule has 0 saturated heterocycles. The average Bonchev–Trinajstić information content (AvgIpc) is 2.60. The maximum absolute atomic E-state index is 12.1. The first kappa shape index (κ1) is 18.0. The van der Waals surface area contributed by atoms with Gasteiger partial charge in [-0.05, 0) is 55.3 Å². The smallest absolute Gasteiger partial charge is 0.331 e. The number of ether oxygens (including phenoxy) is 1. The lowest BCUT2D eigenvalue weighted by Crippen LogP contribution is -2.29. The van der Waals surface area contributed by atoms with E-state index >= 15 is 0 Å². The summed E-state index contributed by atoms with van der Waals surface area (Å²) in [5.74, 6) is -1.01. The van der Waals surface area contributed by atoms with Gasteiger partial charge in [0.1, 0.15) is 0 Å². The number of benzene rings is 2. The highest BCUT2D eigenvalue weighted by atomic mass is 16.5. The second-order valence-electron chi connectivity index (χ2n) is 5.50. The van der Waals surface area contributed by atoms with Crippen molar-refractivity contribution in [2.24, 2.45) is 0 Å². The van der Waals surface area contributed by atoms with E-state index in [9.17, 15) is 9.59 Å². The fourth-order valence-corrected chi connectivity index (χ4v) is 2.07. The topological polar surface area (TPSA) is 79.2 Å². The number of nitriles is 1. The Balaban J connectivity index is 1.89. The predicted molar refractivity (Wildman–Crippen MR) is 95.6 cm³/mol. The fourth-order valence-electron chi connectivity index (χ4n) is 2.07. The fraction of sp³-hybridized carbons (Fsp3) is 0.150. The molecule has 0 fully saturated rings. The van der Waals surface area contributed by atoms with E-state index in [1.54, 1.807) is 36.4 Å². The normalized spacial score (nSPS) is 11.6. The molecular weight excluding hydrogens is 316 g/mol. The molecule has 1 N–H and O–H groups in total. The van der Waals surface area contributed by atoms with Crippen molar-refractivity contribution in [2.75, 3.05) is 5.32 Å². The SMILES string of the molecule is Cc1cccc(NC(=O)[C@H](C)OC(=O)/C=C/c2ccc(C#N)cc2)c1. The molecule has 0 heterocycles. The molecule has 0 aliphatic rings. The van der Waals surface area contributed by atoms with Crippen LogP contribution >= 0.6 is 0 Å². The van der Waals surface area contributed by atoms with Crippen LogP contribution in [0.25, 0.3) is 6.08 Å². The van der Waals surface area contributed by atoms with Gasteiger partial charge in [0.05, 0.1) is 11.6 Å². The number of carbonyl (C=O) groups is 2. The van der Waals surface area contributed by atoms with Gasteiger partial charge in [0.2, 0.25) is 0 Å². The van der Waals surface area contributed by atoms with Crippen LogP contribution in [0.2, 0.25) is 0 Å². The third-order valence-corrected chi connectivity index (χ3v) is 3.40. The lowest BCUT2D eigenvalue weighted by atomic mass is 10.1. The molecule has 0 unspecified atom stereocenters. The Labute approximate surface area is 146 Å². The minimum absolute atomic E-state index is 0.397. The third-order valence-electron chi connectivity index (χ3n) is 3.40. The summed E-state index contributed by atoms with van der Waals surface area (Å²) in [5, 5.41) is 11.4. The molecule has 2 rings (SSSR count). The number of nitrogens with zero attached hydrogens (tertiary/aromatic N) is 1. The van der Waals surface area contributed by atoms with Crippen LogP contribution in [0.15, 0.2) is 54.6 Å². The molecular formula is C20H18N2O3. The molecule has 0 bridgehead atoms. The van der Waals surface area contributed by atoms with E-state index in [4.69, 9.17) is 10.00 Å². The van der Waals surface area contributed by atoms with Crippen molar-refractivity contribution in [3.63, 3.8) is 0 Å². The second-order valence-corrected chi connectivity index (χ2v) is 5.50. The highest BCUT2D eigenvalue weighted by molar-refractivity contribution is 5.96.